The number of aromatic amines is 1. The number of fused-ring (bicyclic) bond motifs is 1. The molecule has 3 aromatic rings. The van der Waals surface area contributed by atoms with Gasteiger partial charge in [-0.3, -0.25) is 0 Å². The number of H-pyrrole nitrogens is 1. The fraction of sp³-hybridized carbons (Fsp3) is 0.348. The van der Waals surface area contributed by atoms with Crippen LogP contribution in [0.3, 0.4) is 0 Å². The normalized spacial score (nSPS) is 12.4. The van der Waals surface area contributed by atoms with Gasteiger partial charge < -0.3 is 15.0 Å². The maximum atomic E-state index is 11.8. The number of alkyl carbamates (subject to hydrolysis) is 1. The highest BCUT2D eigenvalue weighted by atomic mass is 79.9. The summed E-state index contributed by atoms with van der Waals surface area (Å²) in [6.45, 7) is 5.66. The first-order valence-corrected chi connectivity index (χ1v) is 10.6. The SMILES string of the molecule is CC(C)(C)OC(=O)NC[C@H](C#N)CCc1ncc(-c2ccc3cc(Br)ccc3c2)[nH]1. The zero-order chi connectivity index (χ0) is 21.7. The number of benzene rings is 2. The molecule has 0 radical (unpaired) electrons. The van der Waals surface area contributed by atoms with Crippen LogP contribution in [0, 0.1) is 17.2 Å². The summed E-state index contributed by atoms with van der Waals surface area (Å²) in [6, 6.07) is 14.7. The number of ether oxygens (including phenoxy) is 1. The molecule has 1 aromatic heterocycles. The lowest BCUT2D eigenvalue weighted by Gasteiger charge is -2.20. The van der Waals surface area contributed by atoms with Gasteiger partial charge in [0, 0.05) is 23.0 Å². The number of carbonyl (C=O) groups is 1. The van der Waals surface area contributed by atoms with Gasteiger partial charge in [0.1, 0.15) is 11.4 Å². The van der Waals surface area contributed by atoms with Crippen LogP contribution >= 0.6 is 15.9 Å². The van der Waals surface area contributed by atoms with Gasteiger partial charge in [0.15, 0.2) is 0 Å². The number of carbonyl (C=O) groups excluding carboxylic acids is 1. The Morgan fingerprint density at radius 1 is 1.27 bits per heavy atom. The predicted octanol–water partition coefficient (Wildman–Crippen LogP) is 5.59. The lowest BCUT2D eigenvalue weighted by Crippen LogP contribution is -2.35. The van der Waals surface area contributed by atoms with Crippen LogP contribution in [-0.4, -0.2) is 28.2 Å². The van der Waals surface area contributed by atoms with E-state index in [1.165, 1.54) is 5.39 Å². The molecule has 156 valence electrons. The Bertz CT molecular complexity index is 1080. The van der Waals surface area contributed by atoms with Crippen molar-refractivity contribution in [3.63, 3.8) is 0 Å². The van der Waals surface area contributed by atoms with E-state index < -0.39 is 11.7 Å². The fourth-order valence-electron chi connectivity index (χ4n) is 3.06. The average Bonchev–Trinajstić information content (AvgIpc) is 3.15. The Morgan fingerprint density at radius 2 is 2.00 bits per heavy atom. The van der Waals surface area contributed by atoms with Crippen molar-refractivity contribution in [3.8, 4) is 17.3 Å². The van der Waals surface area contributed by atoms with Gasteiger partial charge >= 0.3 is 6.09 Å². The molecule has 0 saturated heterocycles. The third kappa shape index (κ3) is 6.07. The highest BCUT2D eigenvalue weighted by Gasteiger charge is 2.17. The Kier molecular flexibility index (Phi) is 6.78. The molecule has 0 bridgehead atoms. The minimum atomic E-state index is -0.559. The molecule has 6 nitrogen and oxygen atoms in total. The smallest absolute Gasteiger partial charge is 0.407 e. The van der Waals surface area contributed by atoms with Gasteiger partial charge in [-0.05, 0) is 56.2 Å². The molecule has 0 saturated carbocycles. The van der Waals surface area contributed by atoms with E-state index in [0.717, 1.165) is 26.9 Å². The van der Waals surface area contributed by atoms with Crippen LogP contribution in [0.5, 0.6) is 0 Å². The van der Waals surface area contributed by atoms with E-state index in [1.54, 1.807) is 20.8 Å². The van der Waals surface area contributed by atoms with Crippen molar-refractivity contribution in [1.82, 2.24) is 15.3 Å². The van der Waals surface area contributed by atoms with Gasteiger partial charge in [-0.2, -0.15) is 5.26 Å². The van der Waals surface area contributed by atoms with Crippen molar-refractivity contribution < 1.29 is 9.53 Å². The minimum absolute atomic E-state index is 0.249. The molecule has 0 aliphatic heterocycles. The summed E-state index contributed by atoms with van der Waals surface area (Å²) in [5, 5.41) is 14.4. The molecule has 2 aromatic carbocycles. The number of nitriles is 1. The van der Waals surface area contributed by atoms with Crippen molar-refractivity contribution in [2.45, 2.75) is 39.2 Å². The standard InChI is InChI=1S/C23H25BrN4O2/c1-23(2,3)30-22(29)27-13-15(12-25)4-9-21-26-14-20(28-21)18-6-5-17-11-19(24)8-7-16(17)10-18/h5-8,10-11,14-15H,4,9,13H2,1-3H3,(H,26,28)(H,27,29)/t15-/m0/s1. The van der Waals surface area contributed by atoms with Gasteiger partial charge in [0.2, 0.25) is 0 Å². The summed E-state index contributed by atoms with van der Waals surface area (Å²) in [4.78, 5) is 19.6. The van der Waals surface area contributed by atoms with Crippen LogP contribution in [-0.2, 0) is 11.2 Å². The molecule has 0 aliphatic rings. The van der Waals surface area contributed by atoms with Crippen LogP contribution < -0.4 is 5.32 Å². The Balaban J connectivity index is 1.58. The summed E-state index contributed by atoms with van der Waals surface area (Å²) in [5.74, 6) is 0.503. The van der Waals surface area contributed by atoms with Crippen LogP contribution in [0.25, 0.3) is 22.0 Å². The van der Waals surface area contributed by atoms with Crippen molar-refractivity contribution in [2.75, 3.05) is 6.54 Å². The minimum Gasteiger partial charge on any atom is -0.444 e. The lowest BCUT2D eigenvalue weighted by atomic mass is 10.0. The van der Waals surface area contributed by atoms with Crippen LogP contribution in [0.2, 0.25) is 0 Å². The monoisotopic (exact) mass is 468 g/mol. The van der Waals surface area contributed by atoms with Gasteiger partial charge in [-0.15, -0.1) is 0 Å². The van der Waals surface area contributed by atoms with Gasteiger partial charge in [0.25, 0.3) is 0 Å². The van der Waals surface area contributed by atoms with E-state index in [9.17, 15) is 10.1 Å². The summed E-state index contributed by atoms with van der Waals surface area (Å²) in [6.07, 6.45) is 2.52. The topological polar surface area (TPSA) is 90.8 Å². The summed E-state index contributed by atoms with van der Waals surface area (Å²) in [7, 11) is 0. The number of rotatable bonds is 6. The molecule has 1 atom stereocenters. The molecule has 0 unspecified atom stereocenters. The number of hydrogen-bond donors (Lipinski definition) is 2. The van der Waals surface area contributed by atoms with E-state index in [4.69, 9.17) is 4.74 Å². The molecule has 30 heavy (non-hydrogen) atoms. The molecule has 3 rings (SSSR count). The first kappa shape index (κ1) is 21.8. The van der Waals surface area contributed by atoms with Crippen LogP contribution in [0.1, 0.15) is 33.0 Å². The second-order valence-corrected chi connectivity index (χ2v) is 9.11. The van der Waals surface area contributed by atoms with Crippen molar-refractivity contribution in [1.29, 1.82) is 5.26 Å². The third-order valence-corrected chi connectivity index (χ3v) is 5.04. The Hall–Kier alpha value is -2.85. The highest BCUT2D eigenvalue weighted by molar-refractivity contribution is 9.10. The van der Waals surface area contributed by atoms with Crippen molar-refractivity contribution >= 4 is 32.8 Å². The highest BCUT2D eigenvalue weighted by Crippen LogP contribution is 2.26. The maximum absolute atomic E-state index is 11.8. The first-order chi connectivity index (χ1) is 14.2. The van der Waals surface area contributed by atoms with E-state index in [0.29, 0.717) is 12.8 Å². The second-order valence-electron chi connectivity index (χ2n) is 8.20. The van der Waals surface area contributed by atoms with E-state index >= 15 is 0 Å². The molecule has 0 spiro atoms. The molecule has 7 heteroatoms. The van der Waals surface area contributed by atoms with E-state index in [1.807, 2.05) is 12.3 Å². The van der Waals surface area contributed by atoms with Gasteiger partial charge in [-0.25, -0.2) is 9.78 Å². The second kappa shape index (κ2) is 9.31. The van der Waals surface area contributed by atoms with Crippen LogP contribution in [0.15, 0.2) is 47.1 Å². The number of halogens is 1. The fourth-order valence-corrected chi connectivity index (χ4v) is 3.44. The quantitative estimate of drug-likeness (QED) is 0.493. The van der Waals surface area contributed by atoms with Crippen molar-refractivity contribution in [2.24, 2.45) is 5.92 Å². The largest absolute Gasteiger partial charge is 0.444 e. The predicted molar refractivity (Wildman–Crippen MR) is 121 cm³/mol. The summed E-state index contributed by atoms with van der Waals surface area (Å²) < 4.78 is 6.26. The number of aryl methyl sites for hydroxylation is 1. The molecular formula is C23H25BrN4O2. The Labute approximate surface area is 184 Å². The summed E-state index contributed by atoms with van der Waals surface area (Å²) >= 11 is 3.50. The van der Waals surface area contributed by atoms with E-state index in [-0.39, 0.29) is 12.5 Å². The molecule has 0 fully saturated rings. The molecular weight excluding hydrogens is 444 g/mol. The number of hydrogen-bond acceptors (Lipinski definition) is 4. The number of nitrogens with zero attached hydrogens (tertiary/aromatic N) is 2. The van der Waals surface area contributed by atoms with Gasteiger partial charge in [0.05, 0.1) is 23.9 Å². The maximum Gasteiger partial charge on any atom is 0.407 e. The Morgan fingerprint density at radius 3 is 2.73 bits per heavy atom. The molecule has 1 heterocycles. The third-order valence-electron chi connectivity index (χ3n) is 4.55. The average molecular weight is 469 g/mol. The first-order valence-electron chi connectivity index (χ1n) is 9.83. The number of amides is 1. The zero-order valence-corrected chi connectivity index (χ0v) is 18.9. The number of imidazole rings is 1. The number of aromatic nitrogens is 2. The molecule has 1 amide bonds. The number of nitrogens with one attached hydrogen (secondary N) is 2. The van der Waals surface area contributed by atoms with Crippen molar-refractivity contribution in [3.05, 3.63) is 52.9 Å². The van der Waals surface area contributed by atoms with E-state index in [2.05, 4.69) is 67.6 Å². The van der Waals surface area contributed by atoms with Gasteiger partial charge in [-0.1, -0.05) is 34.1 Å². The molecule has 0 aliphatic carbocycles. The lowest BCUT2D eigenvalue weighted by molar-refractivity contribution is 0.0522. The zero-order valence-electron chi connectivity index (χ0n) is 17.3. The van der Waals surface area contributed by atoms with Crippen LogP contribution in [0.4, 0.5) is 4.79 Å². The molecule has 2 N–H and O–H groups in total. The summed E-state index contributed by atoms with van der Waals surface area (Å²) in [5.41, 5.74) is 1.44.